The molecule has 7 heteroatoms. The van der Waals surface area contributed by atoms with Crippen LogP contribution in [0.25, 0.3) is 0 Å². The molecular weight excluding hydrogens is 334 g/mol. The van der Waals surface area contributed by atoms with Crippen LogP contribution in [0.2, 0.25) is 0 Å². The highest BCUT2D eigenvalue weighted by Crippen LogP contribution is 2.35. The third kappa shape index (κ3) is 3.31. The van der Waals surface area contributed by atoms with Gasteiger partial charge in [0.1, 0.15) is 0 Å². The van der Waals surface area contributed by atoms with E-state index in [1.807, 2.05) is 17.5 Å². The van der Waals surface area contributed by atoms with Gasteiger partial charge in [0.2, 0.25) is 10.0 Å². The molecule has 0 atom stereocenters. The van der Waals surface area contributed by atoms with Crippen LogP contribution in [0.1, 0.15) is 33.6 Å². The summed E-state index contributed by atoms with van der Waals surface area (Å²) in [5, 5.41) is 11.0. The highest BCUT2D eigenvalue weighted by atomic mass is 32.2. The number of carboxylic acids is 1. The molecule has 2 aromatic rings. The number of aryl methyl sites for hydroxylation is 1. The van der Waals surface area contributed by atoms with Crippen LogP contribution in [-0.4, -0.2) is 29.8 Å². The minimum absolute atomic E-state index is 0.00924. The molecule has 1 fully saturated rings. The van der Waals surface area contributed by atoms with Gasteiger partial charge in [-0.15, -0.1) is 11.3 Å². The Hall–Kier alpha value is -1.70. The second-order valence-electron chi connectivity index (χ2n) is 5.65. The summed E-state index contributed by atoms with van der Waals surface area (Å²) in [6, 6.07) is 8.06. The summed E-state index contributed by atoms with van der Waals surface area (Å²) in [4.78, 5) is 12.2. The Kier molecular flexibility index (Phi) is 4.27. The van der Waals surface area contributed by atoms with Gasteiger partial charge in [0.25, 0.3) is 0 Å². The maximum atomic E-state index is 13.1. The van der Waals surface area contributed by atoms with Crippen LogP contribution in [0.4, 0.5) is 0 Å². The zero-order chi connectivity index (χ0) is 16.6. The molecule has 122 valence electrons. The van der Waals surface area contributed by atoms with Crippen molar-refractivity contribution in [1.82, 2.24) is 4.31 Å². The monoisotopic (exact) mass is 351 g/mol. The summed E-state index contributed by atoms with van der Waals surface area (Å²) in [6.07, 6.45) is 1.70. The van der Waals surface area contributed by atoms with Crippen LogP contribution in [-0.2, 0) is 16.6 Å². The lowest BCUT2D eigenvalue weighted by Gasteiger charge is -2.22. The van der Waals surface area contributed by atoms with Crippen molar-refractivity contribution in [2.24, 2.45) is 0 Å². The van der Waals surface area contributed by atoms with Gasteiger partial charge in [-0.1, -0.05) is 12.1 Å². The van der Waals surface area contributed by atoms with Gasteiger partial charge in [-0.25, -0.2) is 13.2 Å². The van der Waals surface area contributed by atoms with Gasteiger partial charge in [0.05, 0.1) is 10.5 Å². The average molecular weight is 351 g/mol. The lowest BCUT2D eigenvalue weighted by molar-refractivity contribution is 0.0696. The van der Waals surface area contributed by atoms with Crippen LogP contribution in [0.3, 0.4) is 0 Å². The number of rotatable bonds is 6. The van der Waals surface area contributed by atoms with Crippen LogP contribution >= 0.6 is 11.3 Å². The summed E-state index contributed by atoms with van der Waals surface area (Å²) in [6.45, 7) is 2.02. The summed E-state index contributed by atoms with van der Waals surface area (Å²) < 4.78 is 27.7. The molecule has 3 rings (SSSR count). The molecule has 1 heterocycles. The number of carbonyl (C=O) groups is 1. The number of carboxylic acid groups (broad SMARTS) is 1. The largest absolute Gasteiger partial charge is 0.478 e. The van der Waals surface area contributed by atoms with Crippen molar-refractivity contribution in [3.8, 4) is 0 Å². The number of hydrogen-bond donors (Lipinski definition) is 1. The maximum Gasteiger partial charge on any atom is 0.335 e. The Labute approximate surface area is 139 Å². The molecule has 1 saturated carbocycles. The Bertz CT molecular complexity index is 824. The zero-order valence-corrected chi connectivity index (χ0v) is 14.2. The summed E-state index contributed by atoms with van der Waals surface area (Å²) in [5.41, 5.74) is 0.549. The first-order valence-electron chi connectivity index (χ1n) is 7.28. The quantitative estimate of drug-likeness (QED) is 0.868. The predicted molar refractivity (Wildman–Crippen MR) is 88.2 cm³/mol. The normalized spacial score (nSPS) is 15.0. The van der Waals surface area contributed by atoms with E-state index in [1.165, 1.54) is 27.8 Å². The second kappa shape index (κ2) is 6.07. The molecule has 1 aromatic heterocycles. The lowest BCUT2D eigenvalue weighted by Crippen LogP contribution is -2.33. The molecule has 23 heavy (non-hydrogen) atoms. The molecule has 1 aliphatic carbocycles. The van der Waals surface area contributed by atoms with Crippen molar-refractivity contribution in [2.75, 3.05) is 0 Å². The first-order valence-corrected chi connectivity index (χ1v) is 9.60. The van der Waals surface area contributed by atoms with Gasteiger partial charge >= 0.3 is 5.97 Å². The number of aromatic carboxylic acids is 1. The van der Waals surface area contributed by atoms with E-state index in [4.69, 9.17) is 5.11 Å². The second-order valence-corrected chi connectivity index (χ2v) is 8.54. The molecule has 0 unspecified atom stereocenters. The minimum atomic E-state index is -3.72. The molecule has 0 saturated heterocycles. The summed E-state index contributed by atoms with van der Waals surface area (Å²) >= 11 is 1.52. The Morgan fingerprint density at radius 3 is 2.65 bits per heavy atom. The van der Waals surface area contributed by atoms with Crippen molar-refractivity contribution in [2.45, 2.75) is 37.2 Å². The molecule has 1 N–H and O–H groups in total. The molecule has 5 nitrogen and oxygen atoms in total. The molecule has 0 bridgehead atoms. The van der Waals surface area contributed by atoms with E-state index in [-0.39, 0.29) is 16.5 Å². The SMILES string of the molecule is Cc1ccc(C(=O)O)cc1S(=O)(=O)N(Cc1cccs1)C1CC1. The first kappa shape index (κ1) is 16.2. The smallest absolute Gasteiger partial charge is 0.335 e. The summed E-state index contributed by atoms with van der Waals surface area (Å²) in [5.74, 6) is -1.13. The van der Waals surface area contributed by atoms with Crippen molar-refractivity contribution < 1.29 is 18.3 Å². The number of sulfonamides is 1. The molecule has 1 aliphatic rings. The highest BCUT2D eigenvalue weighted by Gasteiger charge is 2.39. The number of thiophene rings is 1. The van der Waals surface area contributed by atoms with Crippen molar-refractivity contribution in [3.63, 3.8) is 0 Å². The van der Waals surface area contributed by atoms with Gasteiger partial charge in [0, 0.05) is 17.5 Å². The van der Waals surface area contributed by atoms with Gasteiger partial charge in [-0.05, 0) is 48.9 Å². The minimum Gasteiger partial charge on any atom is -0.478 e. The van der Waals surface area contributed by atoms with E-state index in [2.05, 4.69) is 0 Å². The fraction of sp³-hybridized carbons (Fsp3) is 0.312. The van der Waals surface area contributed by atoms with E-state index in [9.17, 15) is 13.2 Å². The fourth-order valence-corrected chi connectivity index (χ4v) is 5.17. The maximum absolute atomic E-state index is 13.1. The van der Waals surface area contributed by atoms with Crippen LogP contribution in [0, 0.1) is 6.92 Å². The molecule has 0 aliphatic heterocycles. The molecule has 1 aromatic carbocycles. The third-order valence-electron chi connectivity index (χ3n) is 3.87. The number of nitrogens with zero attached hydrogens (tertiary/aromatic N) is 1. The van der Waals surface area contributed by atoms with Crippen LogP contribution < -0.4 is 0 Å². The average Bonchev–Trinajstić information content (AvgIpc) is 3.20. The zero-order valence-electron chi connectivity index (χ0n) is 12.6. The molecular formula is C16H17NO4S2. The third-order valence-corrected chi connectivity index (χ3v) is 6.77. The first-order chi connectivity index (χ1) is 10.9. The van der Waals surface area contributed by atoms with E-state index in [0.717, 1.165) is 17.7 Å². The summed E-state index contributed by atoms with van der Waals surface area (Å²) in [7, 11) is -3.72. The van der Waals surface area contributed by atoms with Crippen molar-refractivity contribution >= 4 is 27.3 Å². The van der Waals surface area contributed by atoms with Crippen molar-refractivity contribution in [3.05, 3.63) is 51.7 Å². The van der Waals surface area contributed by atoms with Gasteiger partial charge in [0.15, 0.2) is 0 Å². The topological polar surface area (TPSA) is 74.7 Å². The predicted octanol–water partition coefficient (Wildman–Crippen LogP) is 3.11. The highest BCUT2D eigenvalue weighted by molar-refractivity contribution is 7.89. The lowest BCUT2D eigenvalue weighted by atomic mass is 10.1. The molecule has 0 radical (unpaired) electrons. The van der Waals surface area contributed by atoms with Gasteiger partial charge in [-0.2, -0.15) is 4.31 Å². The van der Waals surface area contributed by atoms with E-state index < -0.39 is 16.0 Å². The Morgan fingerprint density at radius 2 is 2.09 bits per heavy atom. The van der Waals surface area contributed by atoms with Gasteiger partial charge < -0.3 is 5.11 Å². The molecule has 0 amide bonds. The van der Waals surface area contributed by atoms with Crippen LogP contribution in [0.15, 0.2) is 40.6 Å². The molecule has 0 spiro atoms. The van der Waals surface area contributed by atoms with E-state index in [0.29, 0.717) is 12.1 Å². The van der Waals surface area contributed by atoms with E-state index >= 15 is 0 Å². The standard InChI is InChI=1S/C16H17NO4S2/c1-11-4-5-12(16(18)19)9-15(11)23(20,21)17(13-6-7-13)10-14-3-2-8-22-14/h2-5,8-9,13H,6-7,10H2,1H3,(H,18,19). The van der Waals surface area contributed by atoms with Crippen molar-refractivity contribution in [1.29, 1.82) is 0 Å². The van der Waals surface area contributed by atoms with Gasteiger partial charge in [-0.3, -0.25) is 0 Å². The Balaban J connectivity index is 2.01. The van der Waals surface area contributed by atoms with Crippen LogP contribution in [0.5, 0.6) is 0 Å². The van der Waals surface area contributed by atoms with E-state index in [1.54, 1.807) is 13.0 Å². The fourth-order valence-electron chi connectivity index (χ4n) is 2.47. The Morgan fingerprint density at radius 1 is 1.35 bits per heavy atom. The number of benzene rings is 1. The number of hydrogen-bond acceptors (Lipinski definition) is 4.